The average molecular weight is 153 g/mol. The van der Waals surface area contributed by atoms with Crippen molar-refractivity contribution in [3.05, 3.63) is 11.8 Å². The Morgan fingerprint density at radius 2 is 2.36 bits per heavy atom. The first-order valence-corrected chi connectivity index (χ1v) is 3.96. The van der Waals surface area contributed by atoms with Gasteiger partial charge in [-0.3, -0.25) is 0 Å². The molecule has 0 radical (unpaired) electrons. The van der Waals surface area contributed by atoms with Gasteiger partial charge in [0.25, 0.3) is 0 Å². The van der Waals surface area contributed by atoms with Crippen molar-refractivity contribution < 1.29 is 0 Å². The minimum Gasteiger partial charge on any atom is -0.384 e. The number of nitrogens with two attached hydrogens (primary N) is 1. The predicted molar refractivity (Wildman–Crippen MR) is 46.4 cm³/mol. The first kappa shape index (κ1) is 8.11. The third kappa shape index (κ3) is 1.53. The van der Waals surface area contributed by atoms with Gasteiger partial charge in [0.2, 0.25) is 0 Å². The maximum absolute atomic E-state index is 5.72. The zero-order valence-electron chi connectivity index (χ0n) is 7.33. The summed E-state index contributed by atoms with van der Waals surface area (Å²) in [6, 6.07) is 2.30. The van der Waals surface area contributed by atoms with E-state index in [9.17, 15) is 0 Å². The number of hydrogen-bond donors (Lipinski definition) is 1. The second-order valence-electron chi connectivity index (χ2n) is 2.91. The van der Waals surface area contributed by atoms with Gasteiger partial charge in [0.15, 0.2) is 0 Å². The van der Waals surface area contributed by atoms with Crippen molar-refractivity contribution in [2.45, 2.75) is 33.2 Å². The molecule has 1 aromatic heterocycles. The molecule has 0 amide bonds. The van der Waals surface area contributed by atoms with E-state index < -0.39 is 0 Å². The SMILES string of the molecule is CC[C@H](C)n1nc(C)cc1N. The zero-order valence-corrected chi connectivity index (χ0v) is 7.33. The van der Waals surface area contributed by atoms with Gasteiger partial charge in [-0.15, -0.1) is 0 Å². The summed E-state index contributed by atoms with van der Waals surface area (Å²) in [4.78, 5) is 0. The Bertz CT molecular complexity index is 239. The van der Waals surface area contributed by atoms with Crippen LogP contribution in [0.1, 0.15) is 32.0 Å². The van der Waals surface area contributed by atoms with Crippen LogP contribution in [-0.4, -0.2) is 9.78 Å². The van der Waals surface area contributed by atoms with E-state index >= 15 is 0 Å². The Morgan fingerprint density at radius 1 is 1.73 bits per heavy atom. The number of aromatic nitrogens is 2. The quantitative estimate of drug-likeness (QED) is 0.703. The van der Waals surface area contributed by atoms with Crippen LogP contribution in [0.3, 0.4) is 0 Å². The fraction of sp³-hybridized carbons (Fsp3) is 0.625. The third-order valence-electron chi connectivity index (χ3n) is 1.90. The molecule has 62 valence electrons. The lowest BCUT2D eigenvalue weighted by Crippen LogP contribution is -2.08. The van der Waals surface area contributed by atoms with Gasteiger partial charge in [-0.05, 0) is 20.3 Å². The third-order valence-corrected chi connectivity index (χ3v) is 1.90. The highest BCUT2D eigenvalue weighted by atomic mass is 15.3. The Hall–Kier alpha value is -0.990. The molecule has 0 aliphatic carbocycles. The molecule has 3 heteroatoms. The number of nitrogen functional groups attached to an aromatic ring is 1. The standard InChI is InChI=1S/C8H15N3/c1-4-7(3)11-8(9)5-6(2)10-11/h5,7H,4,9H2,1-3H3/t7-/m0/s1. The minimum atomic E-state index is 0.406. The van der Waals surface area contributed by atoms with E-state index in [0.717, 1.165) is 17.9 Å². The van der Waals surface area contributed by atoms with Crippen LogP contribution in [0.2, 0.25) is 0 Å². The highest BCUT2D eigenvalue weighted by Crippen LogP contribution is 2.15. The van der Waals surface area contributed by atoms with Crippen LogP contribution in [0.15, 0.2) is 6.07 Å². The maximum Gasteiger partial charge on any atom is 0.122 e. The normalized spacial score (nSPS) is 13.4. The molecule has 0 saturated carbocycles. The van der Waals surface area contributed by atoms with Crippen molar-refractivity contribution in [2.24, 2.45) is 0 Å². The molecule has 1 heterocycles. The predicted octanol–water partition coefficient (Wildman–Crippen LogP) is 1.74. The van der Waals surface area contributed by atoms with Gasteiger partial charge >= 0.3 is 0 Å². The van der Waals surface area contributed by atoms with Crippen molar-refractivity contribution in [1.82, 2.24) is 9.78 Å². The first-order chi connectivity index (χ1) is 5.15. The van der Waals surface area contributed by atoms with Crippen LogP contribution in [0, 0.1) is 6.92 Å². The molecule has 0 spiro atoms. The summed E-state index contributed by atoms with van der Waals surface area (Å²) in [5, 5.41) is 4.27. The van der Waals surface area contributed by atoms with Crippen molar-refractivity contribution in [1.29, 1.82) is 0 Å². The fourth-order valence-corrected chi connectivity index (χ4v) is 1.06. The molecule has 0 aromatic carbocycles. The molecule has 2 N–H and O–H groups in total. The largest absolute Gasteiger partial charge is 0.384 e. The topological polar surface area (TPSA) is 43.8 Å². The van der Waals surface area contributed by atoms with Crippen LogP contribution in [-0.2, 0) is 0 Å². The van der Waals surface area contributed by atoms with E-state index in [2.05, 4.69) is 18.9 Å². The van der Waals surface area contributed by atoms with E-state index in [4.69, 9.17) is 5.73 Å². The Balaban J connectivity index is 2.93. The van der Waals surface area contributed by atoms with Gasteiger partial charge in [0.05, 0.1) is 11.7 Å². The monoisotopic (exact) mass is 153 g/mol. The van der Waals surface area contributed by atoms with Gasteiger partial charge in [0, 0.05) is 6.07 Å². The van der Waals surface area contributed by atoms with Gasteiger partial charge < -0.3 is 5.73 Å². The number of anilines is 1. The molecule has 0 fully saturated rings. The summed E-state index contributed by atoms with van der Waals surface area (Å²) in [7, 11) is 0. The van der Waals surface area contributed by atoms with Crippen LogP contribution in [0.5, 0.6) is 0 Å². The minimum absolute atomic E-state index is 0.406. The molecule has 0 aliphatic heterocycles. The van der Waals surface area contributed by atoms with Crippen molar-refractivity contribution in [3.63, 3.8) is 0 Å². The van der Waals surface area contributed by atoms with Crippen molar-refractivity contribution in [3.8, 4) is 0 Å². The Labute approximate surface area is 67.2 Å². The second kappa shape index (κ2) is 2.95. The smallest absolute Gasteiger partial charge is 0.122 e. The number of hydrogen-bond acceptors (Lipinski definition) is 2. The molecule has 11 heavy (non-hydrogen) atoms. The summed E-state index contributed by atoms with van der Waals surface area (Å²) in [5.41, 5.74) is 6.71. The van der Waals surface area contributed by atoms with Crippen LogP contribution >= 0.6 is 0 Å². The average Bonchev–Trinajstić information content (AvgIpc) is 2.28. The molecule has 0 saturated heterocycles. The van der Waals surface area contributed by atoms with Crippen LogP contribution < -0.4 is 5.73 Å². The summed E-state index contributed by atoms with van der Waals surface area (Å²) in [6.07, 6.45) is 1.06. The summed E-state index contributed by atoms with van der Waals surface area (Å²) < 4.78 is 1.87. The number of rotatable bonds is 2. The van der Waals surface area contributed by atoms with E-state index in [1.54, 1.807) is 0 Å². The van der Waals surface area contributed by atoms with Gasteiger partial charge in [-0.1, -0.05) is 6.92 Å². The van der Waals surface area contributed by atoms with E-state index in [1.807, 2.05) is 17.7 Å². The van der Waals surface area contributed by atoms with Crippen molar-refractivity contribution >= 4 is 5.82 Å². The number of nitrogens with zero attached hydrogens (tertiary/aromatic N) is 2. The summed E-state index contributed by atoms with van der Waals surface area (Å²) in [6.45, 7) is 6.19. The Kier molecular flexibility index (Phi) is 2.17. The zero-order chi connectivity index (χ0) is 8.43. The maximum atomic E-state index is 5.72. The molecular weight excluding hydrogens is 138 g/mol. The molecule has 0 unspecified atom stereocenters. The van der Waals surface area contributed by atoms with E-state index in [0.29, 0.717) is 6.04 Å². The first-order valence-electron chi connectivity index (χ1n) is 3.96. The molecule has 3 nitrogen and oxygen atoms in total. The van der Waals surface area contributed by atoms with Gasteiger partial charge in [-0.2, -0.15) is 5.10 Å². The van der Waals surface area contributed by atoms with Gasteiger partial charge in [0.1, 0.15) is 5.82 Å². The summed E-state index contributed by atoms with van der Waals surface area (Å²) >= 11 is 0. The highest BCUT2D eigenvalue weighted by Gasteiger charge is 2.06. The van der Waals surface area contributed by atoms with Crippen LogP contribution in [0.25, 0.3) is 0 Å². The molecule has 1 aromatic rings. The summed E-state index contributed by atoms with van der Waals surface area (Å²) in [5.74, 6) is 0.761. The highest BCUT2D eigenvalue weighted by molar-refractivity contribution is 5.30. The lowest BCUT2D eigenvalue weighted by molar-refractivity contribution is 0.482. The van der Waals surface area contributed by atoms with Crippen molar-refractivity contribution in [2.75, 3.05) is 5.73 Å². The van der Waals surface area contributed by atoms with Crippen LogP contribution in [0.4, 0.5) is 5.82 Å². The molecule has 1 rings (SSSR count). The molecule has 1 atom stereocenters. The lowest BCUT2D eigenvalue weighted by atomic mass is 10.3. The molecule has 0 aliphatic rings. The fourth-order valence-electron chi connectivity index (χ4n) is 1.06. The second-order valence-corrected chi connectivity index (χ2v) is 2.91. The molecule has 0 bridgehead atoms. The number of aryl methyl sites for hydroxylation is 1. The van der Waals surface area contributed by atoms with Gasteiger partial charge in [-0.25, -0.2) is 4.68 Å². The lowest BCUT2D eigenvalue weighted by Gasteiger charge is -2.10. The Morgan fingerprint density at radius 3 is 2.73 bits per heavy atom. The molecular formula is C8H15N3. The van der Waals surface area contributed by atoms with E-state index in [1.165, 1.54) is 0 Å². The van der Waals surface area contributed by atoms with E-state index in [-0.39, 0.29) is 0 Å².